The van der Waals surface area contributed by atoms with Gasteiger partial charge in [-0.2, -0.15) is 13.2 Å². The van der Waals surface area contributed by atoms with Crippen LogP contribution in [0.3, 0.4) is 0 Å². The topological polar surface area (TPSA) is 44.4 Å². The van der Waals surface area contributed by atoms with Gasteiger partial charge >= 0.3 is 6.18 Å². The zero-order valence-electron chi connectivity index (χ0n) is 15.0. The second-order valence-corrected chi connectivity index (χ2v) is 6.84. The van der Waals surface area contributed by atoms with Gasteiger partial charge in [-0.3, -0.25) is 15.0 Å². The molecule has 1 amide bonds. The van der Waals surface area contributed by atoms with Crippen LogP contribution in [0, 0.1) is 5.82 Å². The van der Waals surface area contributed by atoms with E-state index in [1.807, 2.05) is 6.07 Å². The molecule has 28 heavy (non-hydrogen) atoms. The van der Waals surface area contributed by atoms with E-state index < -0.39 is 24.6 Å². The number of alkyl halides is 3. The van der Waals surface area contributed by atoms with Gasteiger partial charge in [-0.25, -0.2) is 4.39 Å². The van der Waals surface area contributed by atoms with Crippen molar-refractivity contribution < 1.29 is 22.4 Å². The lowest BCUT2D eigenvalue weighted by Crippen LogP contribution is -2.42. The largest absolute Gasteiger partial charge is 0.401 e. The SMILES string of the molecule is O=C(Nc1ccc(F)cc1)[C@@H](N[C@H]1CCN(CC(F)(F)F)C1)c1ccccc1. The third-order valence-electron chi connectivity index (χ3n) is 4.58. The van der Waals surface area contributed by atoms with Crippen molar-refractivity contribution in [3.05, 3.63) is 66.0 Å². The number of hydrogen-bond acceptors (Lipinski definition) is 3. The number of hydrogen-bond donors (Lipinski definition) is 2. The Balaban J connectivity index is 1.69. The first-order valence-electron chi connectivity index (χ1n) is 8.97. The second-order valence-electron chi connectivity index (χ2n) is 6.84. The number of nitrogens with one attached hydrogen (secondary N) is 2. The Morgan fingerprint density at radius 3 is 2.43 bits per heavy atom. The number of amides is 1. The minimum atomic E-state index is -4.24. The fourth-order valence-corrected chi connectivity index (χ4v) is 3.32. The molecule has 2 N–H and O–H groups in total. The molecule has 1 heterocycles. The van der Waals surface area contributed by atoms with Crippen LogP contribution < -0.4 is 10.6 Å². The summed E-state index contributed by atoms with van der Waals surface area (Å²) in [5.74, 6) is -0.765. The van der Waals surface area contributed by atoms with E-state index in [-0.39, 0.29) is 18.5 Å². The van der Waals surface area contributed by atoms with E-state index in [9.17, 15) is 22.4 Å². The predicted octanol–water partition coefficient (Wildman–Crippen LogP) is 3.73. The number of carbonyl (C=O) groups excluding carboxylic acids is 1. The summed E-state index contributed by atoms with van der Waals surface area (Å²) in [6, 6.07) is 13.4. The fraction of sp³-hybridized carbons (Fsp3) is 0.350. The van der Waals surface area contributed by atoms with E-state index in [2.05, 4.69) is 10.6 Å². The molecule has 4 nitrogen and oxygen atoms in total. The Hall–Kier alpha value is -2.45. The molecular formula is C20H21F4N3O. The summed E-state index contributed by atoms with van der Waals surface area (Å²) in [6.07, 6.45) is -3.73. The Labute approximate surface area is 160 Å². The van der Waals surface area contributed by atoms with Crippen LogP contribution in [0.15, 0.2) is 54.6 Å². The van der Waals surface area contributed by atoms with Gasteiger partial charge in [-0.05, 0) is 36.2 Å². The van der Waals surface area contributed by atoms with Gasteiger partial charge in [0.25, 0.3) is 0 Å². The highest BCUT2D eigenvalue weighted by Crippen LogP contribution is 2.23. The summed E-state index contributed by atoms with van der Waals surface area (Å²) in [5.41, 5.74) is 1.15. The van der Waals surface area contributed by atoms with Gasteiger partial charge in [0.1, 0.15) is 11.9 Å². The molecule has 0 radical (unpaired) electrons. The van der Waals surface area contributed by atoms with Gasteiger partial charge in [0.15, 0.2) is 0 Å². The molecule has 150 valence electrons. The number of rotatable bonds is 6. The summed E-state index contributed by atoms with van der Waals surface area (Å²) in [6.45, 7) is -0.423. The first kappa shape index (κ1) is 20.3. The van der Waals surface area contributed by atoms with E-state index in [1.165, 1.54) is 29.2 Å². The Bertz CT molecular complexity index is 780. The first-order chi connectivity index (χ1) is 13.3. The molecule has 1 aliphatic rings. The lowest BCUT2D eigenvalue weighted by Gasteiger charge is -2.24. The van der Waals surface area contributed by atoms with Gasteiger partial charge in [0.05, 0.1) is 6.54 Å². The van der Waals surface area contributed by atoms with E-state index in [4.69, 9.17) is 0 Å². The van der Waals surface area contributed by atoms with Crippen molar-refractivity contribution in [2.45, 2.75) is 24.7 Å². The van der Waals surface area contributed by atoms with Crippen LogP contribution in [-0.2, 0) is 4.79 Å². The van der Waals surface area contributed by atoms with Gasteiger partial charge in [-0.15, -0.1) is 0 Å². The standard InChI is InChI=1S/C20H21F4N3O/c21-15-6-8-16(9-7-15)26-19(28)18(14-4-2-1-3-5-14)25-17-10-11-27(12-17)13-20(22,23)24/h1-9,17-18,25H,10-13H2,(H,26,28)/t17-,18-/m0/s1. The average molecular weight is 395 g/mol. The van der Waals surface area contributed by atoms with Crippen LogP contribution in [0.1, 0.15) is 18.0 Å². The van der Waals surface area contributed by atoms with Gasteiger partial charge in [0, 0.05) is 24.8 Å². The molecule has 1 fully saturated rings. The number of benzene rings is 2. The summed E-state index contributed by atoms with van der Waals surface area (Å²) < 4.78 is 50.9. The maximum absolute atomic E-state index is 13.1. The molecule has 1 saturated heterocycles. The maximum Gasteiger partial charge on any atom is 0.401 e. The monoisotopic (exact) mass is 395 g/mol. The van der Waals surface area contributed by atoms with Crippen molar-refractivity contribution in [1.82, 2.24) is 10.2 Å². The third-order valence-corrected chi connectivity index (χ3v) is 4.58. The smallest absolute Gasteiger partial charge is 0.324 e. The highest BCUT2D eigenvalue weighted by molar-refractivity contribution is 5.95. The predicted molar refractivity (Wildman–Crippen MR) is 98.2 cm³/mol. The van der Waals surface area contributed by atoms with Crippen molar-refractivity contribution in [2.24, 2.45) is 0 Å². The molecule has 0 aromatic heterocycles. The van der Waals surface area contributed by atoms with Crippen LogP contribution in [0.5, 0.6) is 0 Å². The van der Waals surface area contributed by atoms with E-state index >= 15 is 0 Å². The minimum Gasteiger partial charge on any atom is -0.324 e. The second kappa shape index (κ2) is 8.70. The fourth-order valence-electron chi connectivity index (χ4n) is 3.32. The minimum absolute atomic E-state index is 0.215. The average Bonchev–Trinajstić information content (AvgIpc) is 3.07. The van der Waals surface area contributed by atoms with E-state index in [0.717, 1.165) is 0 Å². The summed E-state index contributed by atoms with van der Waals surface area (Å²) in [7, 11) is 0. The highest BCUT2D eigenvalue weighted by atomic mass is 19.4. The molecule has 0 saturated carbocycles. The normalized spacial score (nSPS) is 18.8. The van der Waals surface area contributed by atoms with Crippen molar-refractivity contribution in [1.29, 1.82) is 0 Å². The summed E-state index contributed by atoms with van der Waals surface area (Å²) in [4.78, 5) is 14.2. The van der Waals surface area contributed by atoms with Gasteiger partial charge < -0.3 is 5.32 Å². The Morgan fingerprint density at radius 2 is 1.79 bits per heavy atom. The van der Waals surface area contributed by atoms with E-state index in [0.29, 0.717) is 24.2 Å². The lowest BCUT2D eigenvalue weighted by molar-refractivity contribution is -0.143. The molecule has 2 aromatic rings. The highest BCUT2D eigenvalue weighted by Gasteiger charge is 2.35. The maximum atomic E-state index is 13.1. The number of anilines is 1. The zero-order chi connectivity index (χ0) is 20.1. The van der Waals surface area contributed by atoms with E-state index in [1.54, 1.807) is 24.3 Å². The molecule has 0 spiro atoms. The van der Waals surface area contributed by atoms with Crippen LogP contribution in [-0.4, -0.2) is 42.7 Å². The quantitative estimate of drug-likeness (QED) is 0.733. The Kier molecular flexibility index (Phi) is 6.31. The molecule has 0 bridgehead atoms. The lowest BCUT2D eigenvalue weighted by atomic mass is 10.0. The molecule has 0 aliphatic carbocycles. The molecule has 2 atom stereocenters. The molecule has 3 rings (SSSR count). The van der Waals surface area contributed by atoms with Crippen molar-refractivity contribution in [2.75, 3.05) is 25.0 Å². The molecular weight excluding hydrogens is 374 g/mol. The first-order valence-corrected chi connectivity index (χ1v) is 8.97. The number of halogens is 4. The van der Waals surface area contributed by atoms with Gasteiger partial charge in [-0.1, -0.05) is 30.3 Å². The Morgan fingerprint density at radius 1 is 1.11 bits per heavy atom. The molecule has 0 unspecified atom stereocenters. The zero-order valence-corrected chi connectivity index (χ0v) is 15.0. The van der Waals surface area contributed by atoms with Crippen LogP contribution >= 0.6 is 0 Å². The third kappa shape index (κ3) is 5.77. The number of carbonyl (C=O) groups is 1. The van der Waals surface area contributed by atoms with Crippen LogP contribution in [0.4, 0.5) is 23.2 Å². The number of nitrogens with zero attached hydrogens (tertiary/aromatic N) is 1. The van der Waals surface area contributed by atoms with Crippen molar-refractivity contribution in [3.8, 4) is 0 Å². The summed E-state index contributed by atoms with van der Waals surface area (Å²) >= 11 is 0. The van der Waals surface area contributed by atoms with Crippen molar-refractivity contribution in [3.63, 3.8) is 0 Å². The summed E-state index contributed by atoms with van der Waals surface area (Å²) in [5, 5.41) is 5.91. The molecule has 8 heteroatoms. The van der Waals surface area contributed by atoms with Crippen LogP contribution in [0.2, 0.25) is 0 Å². The van der Waals surface area contributed by atoms with Crippen molar-refractivity contribution >= 4 is 11.6 Å². The van der Waals surface area contributed by atoms with Gasteiger partial charge in [0.2, 0.25) is 5.91 Å². The molecule has 1 aliphatic heterocycles. The molecule has 2 aromatic carbocycles. The number of likely N-dealkylation sites (tertiary alicyclic amines) is 1. The van der Waals surface area contributed by atoms with Crippen LogP contribution in [0.25, 0.3) is 0 Å².